The molecule has 3 rings (SSSR count). The fourth-order valence-corrected chi connectivity index (χ4v) is 2.59. The van der Waals surface area contributed by atoms with Crippen LogP contribution in [0.15, 0.2) is 66.7 Å². The number of benzene rings is 3. The van der Waals surface area contributed by atoms with Crippen LogP contribution >= 0.6 is 0 Å². The summed E-state index contributed by atoms with van der Waals surface area (Å²) in [5.74, 6) is 1.38. The van der Waals surface area contributed by atoms with Crippen molar-refractivity contribution in [2.45, 2.75) is 6.92 Å². The highest BCUT2D eigenvalue weighted by Crippen LogP contribution is 2.24. The van der Waals surface area contributed by atoms with Gasteiger partial charge < -0.3 is 14.8 Å². The first-order chi connectivity index (χ1) is 12.2. The van der Waals surface area contributed by atoms with Gasteiger partial charge in [-0.15, -0.1) is 0 Å². The molecule has 0 aromatic heterocycles. The smallest absolute Gasteiger partial charge is 0.258 e. The van der Waals surface area contributed by atoms with Crippen LogP contribution in [0.3, 0.4) is 0 Å². The maximum Gasteiger partial charge on any atom is 0.258 e. The lowest BCUT2D eigenvalue weighted by atomic mass is 10.1. The average Bonchev–Trinajstić information content (AvgIpc) is 2.65. The highest BCUT2D eigenvalue weighted by atomic mass is 16.5. The van der Waals surface area contributed by atoms with Gasteiger partial charge in [0.1, 0.15) is 18.1 Å². The van der Waals surface area contributed by atoms with E-state index < -0.39 is 0 Å². The zero-order chi connectivity index (χ0) is 17.5. The summed E-state index contributed by atoms with van der Waals surface area (Å²) < 4.78 is 11.3. The molecule has 0 aliphatic heterocycles. The minimum Gasteiger partial charge on any atom is -0.491 e. The molecule has 1 N–H and O–H groups in total. The molecular weight excluding hydrogens is 314 g/mol. The molecule has 0 heterocycles. The van der Waals surface area contributed by atoms with Crippen LogP contribution in [-0.4, -0.2) is 25.7 Å². The first-order valence-corrected chi connectivity index (χ1v) is 8.30. The molecule has 128 valence electrons. The van der Waals surface area contributed by atoms with Gasteiger partial charge in [-0.3, -0.25) is 4.79 Å². The number of carbonyl (C=O) groups is 1. The molecule has 0 bridgehead atoms. The Balaban J connectivity index is 1.44. The Hall–Kier alpha value is -3.01. The van der Waals surface area contributed by atoms with Crippen molar-refractivity contribution in [3.05, 3.63) is 72.3 Å². The fraction of sp³-hybridized carbons (Fsp3) is 0.190. The Kier molecular flexibility index (Phi) is 5.52. The van der Waals surface area contributed by atoms with Gasteiger partial charge in [-0.2, -0.15) is 0 Å². The van der Waals surface area contributed by atoms with E-state index in [1.807, 2.05) is 73.7 Å². The van der Waals surface area contributed by atoms with Crippen LogP contribution in [0.5, 0.6) is 11.5 Å². The van der Waals surface area contributed by atoms with E-state index >= 15 is 0 Å². The minimum atomic E-state index is -0.165. The topological polar surface area (TPSA) is 47.6 Å². The molecule has 4 nitrogen and oxygen atoms in total. The first kappa shape index (κ1) is 16.8. The van der Waals surface area contributed by atoms with E-state index in [0.29, 0.717) is 18.9 Å². The summed E-state index contributed by atoms with van der Waals surface area (Å²) in [5, 5.41) is 4.89. The zero-order valence-electron chi connectivity index (χ0n) is 14.2. The number of fused-ring (bicyclic) bond motifs is 1. The maximum absolute atomic E-state index is 11.9. The summed E-state index contributed by atoms with van der Waals surface area (Å²) in [5.41, 5.74) is 1.08. The minimum absolute atomic E-state index is 0.0155. The van der Waals surface area contributed by atoms with E-state index in [9.17, 15) is 4.79 Å². The maximum atomic E-state index is 11.9. The molecular formula is C21H21NO3. The van der Waals surface area contributed by atoms with Crippen LogP contribution in [0.1, 0.15) is 5.56 Å². The molecule has 0 saturated carbocycles. The van der Waals surface area contributed by atoms with Crippen LogP contribution in [0.4, 0.5) is 0 Å². The highest BCUT2D eigenvalue weighted by molar-refractivity contribution is 5.88. The number of hydrogen-bond donors (Lipinski definition) is 1. The van der Waals surface area contributed by atoms with Crippen LogP contribution in [0, 0.1) is 6.92 Å². The van der Waals surface area contributed by atoms with Crippen molar-refractivity contribution in [1.82, 2.24) is 5.32 Å². The average molecular weight is 335 g/mol. The highest BCUT2D eigenvalue weighted by Gasteiger charge is 2.05. The second kappa shape index (κ2) is 8.20. The third-order valence-corrected chi connectivity index (χ3v) is 3.88. The van der Waals surface area contributed by atoms with Crippen molar-refractivity contribution < 1.29 is 14.3 Å². The number of para-hydroxylation sites is 1. The lowest BCUT2D eigenvalue weighted by Gasteiger charge is -2.11. The van der Waals surface area contributed by atoms with Gasteiger partial charge in [0.15, 0.2) is 6.61 Å². The number of rotatable bonds is 7. The molecule has 0 saturated heterocycles. The van der Waals surface area contributed by atoms with Crippen molar-refractivity contribution in [3.8, 4) is 11.5 Å². The SMILES string of the molecule is Cc1ccccc1OCCNC(=O)COc1cccc2ccccc12. The molecule has 0 fully saturated rings. The summed E-state index contributed by atoms with van der Waals surface area (Å²) in [6.07, 6.45) is 0. The standard InChI is InChI=1S/C21H21NO3/c1-16-7-2-5-11-19(16)24-14-13-22-21(23)15-25-20-12-6-9-17-8-3-4-10-18(17)20/h2-12H,13-15H2,1H3,(H,22,23). The monoisotopic (exact) mass is 335 g/mol. The molecule has 4 heteroatoms. The Morgan fingerprint density at radius 3 is 2.48 bits per heavy atom. The van der Waals surface area contributed by atoms with E-state index in [4.69, 9.17) is 9.47 Å². The van der Waals surface area contributed by atoms with Crippen LogP contribution in [0.25, 0.3) is 10.8 Å². The molecule has 0 aliphatic carbocycles. The molecule has 3 aromatic carbocycles. The van der Waals surface area contributed by atoms with Crippen molar-refractivity contribution in [1.29, 1.82) is 0 Å². The molecule has 0 spiro atoms. The number of ether oxygens (including phenoxy) is 2. The predicted molar refractivity (Wildman–Crippen MR) is 99.1 cm³/mol. The van der Waals surface area contributed by atoms with Crippen LogP contribution < -0.4 is 14.8 Å². The van der Waals surface area contributed by atoms with Gasteiger partial charge in [0.2, 0.25) is 0 Å². The van der Waals surface area contributed by atoms with Crippen molar-refractivity contribution in [2.24, 2.45) is 0 Å². The normalized spacial score (nSPS) is 10.4. The van der Waals surface area contributed by atoms with Gasteiger partial charge in [0.05, 0.1) is 6.54 Å². The largest absolute Gasteiger partial charge is 0.491 e. The van der Waals surface area contributed by atoms with E-state index in [2.05, 4.69) is 5.32 Å². The van der Waals surface area contributed by atoms with E-state index in [-0.39, 0.29) is 12.5 Å². The van der Waals surface area contributed by atoms with Gasteiger partial charge in [-0.05, 0) is 30.0 Å². The Morgan fingerprint density at radius 1 is 0.880 bits per heavy atom. The molecule has 0 radical (unpaired) electrons. The summed E-state index contributed by atoms with van der Waals surface area (Å²) in [7, 11) is 0. The lowest BCUT2D eigenvalue weighted by Crippen LogP contribution is -2.32. The Bertz CT molecular complexity index is 855. The van der Waals surface area contributed by atoms with Crippen LogP contribution in [0.2, 0.25) is 0 Å². The summed E-state index contributed by atoms with van der Waals surface area (Å²) in [4.78, 5) is 11.9. The Morgan fingerprint density at radius 2 is 1.60 bits per heavy atom. The van der Waals surface area contributed by atoms with Gasteiger partial charge in [-0.1, -0.05) is 54.6 Å². The molecule has 0 aliphatic rings. The van der Waals surface area contributed by atoms with Gasteiger partial charge in [-0.25, -0.2) is 0 Å². The summed E-state index contributed by atoms with van der Waals surface area (Å²) in [6.45, 7) is 2.83. The quantitative estimate of drug-likeness (QED) is 0.669. The number of nitrogens with one attached hydrogen (secondary N) is 1. The Labute approximate surface area is 147 Å². The van der Waals surface area contributed by atoms with E-state index in [0.717, 1.165) is 22.1 Å². The van der Waals surface area contributed by atoms with Gasteiger partial charge >= 0.3 is 0 Å². The molecule has 1 amide bonds. The summed E-state index contributed by atoms with van der Waals surface area (Å²) >= 11 is 0. The number of aryl methyl sites for hydroxylation is 1. The number of carbonyl (C=O) groups excluding carboxylic acids is 1. The van der Waals surface area contributed by atoms with E-state index in [1.165, 1.54) is 0 Å². The molecule has 0 unspecified atom stereocenters. The molecule has 0 atom stereocenters. The number of amides is 1. The fourth-order valence-electron chi connectivity index (χ4n) is 2.59. The zero-order valence-corrected chi connectivity index (χ0v) is 14.2. The van der Waals surface area contributed by atoms with Crippen LogP contribution in [-0.2, 0) is 4.79 Å². The van der Waals surface area contributed by atoms with Crippen molar-refractivity contribution in [3.63, 3.8) is 0 Å². The summed E-state index contributed by atoms with van der Waals surface area (Å²) in [6, 6.07) is 21.6. The lowest BCUT2D eigenvalue weighted by molar-refractivity contribution is -0.123. The molecule has 3 aromatic rings. The van der Waals surface area contributed by atoms with Crippen molar-refractivity contribution in [2.75, 3.05) is 19.8 Å². The van der Waals surface area contributed by atoms with Crippen molar-refractivity contribution >= 4 is 16.7 Å². The van der Waals surface area contributed by atoms with E-state index in [1.54, 1.807) is 0 Å². The predicted octanol–water partition coefficient (Wildman–Crippen LogP) is 3.72. The third-order valence-electron chi connectivity index (χ3n) is 3.88. The first-order valence-electron chi connectivity index (χ1n) is 8.30. The number of hydrogen-bond acceptors (Lipinski definition) is 3. The second-order valence-corrected chi connectivity index (χ2v) is 5.73. The third kappa shape index (κ3) is 4.51. The second-order valence-electron chi connectivity index (χ2n) is 5.73. The van der Waals surface area contributed by atoms with Gasteiger partial charge in [0.25, 0.3) is 5.91 Å². The molecule has 25 heavy (non-hydrogen) atoms. The van der Waals surface area contributed by atoms with Gasteiger partial charge in [0, 0.05) is 5.39 Å².